The van der Waals surface area contributed by atoms with Crippen molar-refractivity contribution in [3.63, 3.8) is 0 Å². The molecular weight excluding hydrogens is 166 g/mol. The highest BCUT2D eigenvalue weighted by Crippen LogP contribution is 2.23. The molecule has 1 nitrogen and oxygen atoms in total. The van der Waals surface area contributed by atoms with E-state index in [0.29, 0.717) is 0 Å². The Bertz CT molecular complexity index is 307. The van der Waals surface area contributed by atoms with Gasteiger partial charge in [-0.1, -0.05) is 18.2 Å². The van der Waals surface area contributed by atoms with Crippen LogP contribution in [0.15, 0.2) is 23.7 Å². The minimum absolute atomic E-state index is 1.12. The predicted molar refractivity (Wildman–Crippen MR) is 55.3 cm³/mol. The molecule has 0 N–H and O–H groups in total. The lowest BCUT2D eigenvalue weighted by Gasteiger charge is -1.97. The van der Waals surface area contributed by atoms with E-state index in [2.05, 4.69) is 30.1 Å². The van der Waals surface area contributed by atoms with E-state index in [0.717, 1.165) is 5.69 Å². The van der Waals surface area contributed by atoms with Crippen LogP contribution >= 0.6 is 11.3 Å². The molecule has 64 valence electrons. The third-order valence-corrected chi connectivity index (χ3v) is 2.64. The van der Waals surface area contributed by atoms with E-state index in [1.54, 1.807) is 11.3 Å². The molecule has 0 fully saturated rings. The van der Waals surface area contributed by atoms with E-state index < -0.39 is 0 Å². The average molecular weight is 179 g/mol. The Morgan fingerprint density at radius 1 is 1.50 bits per heavy atom. The highest BCUT2D eigenvalue weighted by atomic mass is 32.1. The Morgan fingerprint density at radius 2 is 2.25 bits per heavy atom. The summed E-state index contributed by atoms with van der Waals surface area (Å²) < 4.78 is 0. The second-order valence-corrected chi connectivity index (χ2v) is 3.37. The molecule has 0 saturated heterocycles. The summed E-state index contributed by atoms with van der Waals surface area (Å²) in [6.07, 6.45) is 6.27. The van der Waals surface area contributed by atoms with Crippen LogP contribution in [-0.2, 0) is 0 Å². The standard InChI is InChI=1S/C10H13NS/c1-4-6-9(5-2)10-8(3)11-7-12-10/h4-7H,1-3H3/b6-4-,9-5+. The van der Waals surface area contributed by atoms with E-state index >= 15 is 0 Å². The monoisotopic (exact) mass is 179 g/mol. The molecule has 0 aliphatic heterocycles. The van der Waals surface area contributed by atoms with Crippen LogP contribution in [0.3, 0.4) is 0 Å². The lowest BCUT2D eigenvalue weighted by atomic mass is 10.2. The van der Waals surface area contributed by atoms with Crippen molar-refractivity contribution >= 4 is 16.9 Å². The summed E-state index contributed by atoms with van der Waals surface area (Å²) in [7, 11) is 0. The van der Waals surface area contributed by atoms with E-state index in [1.165, 1.54) is 10.5 Å². The van der Waals surface area contributed by atoms with Gasteiger partial charge in [0.2, 0.25) is 0 Å². The van der Waals surface area contributed by atoms with Crippen LogP contribution in [0.2, 0.25) is 0 Å². The number of thiazole rings is 1. The first-order chi connectivity index (χ1) is 5.79. The van der Waals surface area contributed by atoms with Crippen molar-refractivity contribution < 1.29 is 0 Å². The number of aryl methyl sites for hydroxylation is 1. The van der Waals surface area contributed by atoms with Gasteiger partial charge in [-0.15, -0.1) is 11.3 Å². The Balaban J connectivity index is 3.04. The van der Waals surface area contributed by atoms with Crippen molar-refractivity contribution in [2.24, 2.45) is 0 Å². The van der Waals surface area contributed by atoms with Crippen molar-refractivity contribution in [2.45, 2.75) is 20.8 Å². The Hall–Kier alpha value is -0.890. The molecule has 0 atom stereocenters. The third kappa shape index (κ3) is 1.83. The Labute approximate surface area is 77.5 Å². The van der Waals surface area contributed by atoms with Gasteiger partial charge in [0.05, 0.1) is 16.1 Å². The maximum absolute atomic E-state index is 4.21. The highest BCUT2D eigenvalue weighted by molar-refractivity contribution is 7.11. The van der Waals surface area contributed by atoms with Gasteiger partial charge in [-0.3, -0.25) is 0 Å². The summed E-state index contributed by atoms with van der Waals surface area (Å²) in [5, 5.41) is 0. The number of hydrogen-bond donors (Lipinski definition) is 0. The summed E-state index contributed by atoms with van der Waals surface area (Å²) >= 11 is 1.69. The first-order valence-electron chi connectivity index (χ1n) is 3.99. The SMILES string of the molecule is C/C=C\C(=C/C)c1scnc1C. The molecule has 0 saturated carbocycles. The van der Waals surface area contributed by atoms with Gasteiger partial charge < -0.3 is 0 Å². The molecule has 2 heteroatoms. The molecule has 0 radical (unpaired) electrons. The fourth-order valence-corrected chi connectivity index (χ4v) is 1.92. The Morgan fingerprint density at radius 3 is 2.67 bits per heavy atom. The first kappa shape index (κ1) is 9.20. The summed E-state index contributed by atoms with van der Waals surface area (Å²) in [6.45, 7) is 6.12. The fourth-order valence-electron chi connectivity index (χ4n) is 1.06. The predicted octanol–water partition coefficient (Wildman–Crippen LogP) is 3.43. The van der Waals surface area contributed by atoms with Gasteiger partial charge in [0.25, 0.3) is 0 Å². The van der Waals surface area contributed by atoms with Crippen LogP contribution in [0, 0.1) is 6.92 Å². The van der Waals surface area contributed by atoms with E-state index in [1.807, 2.05) is 19.4 Å². The molecule has 0 bridgehead atoms. The van der Waals surface area contributed by atoms with Crippen molar-refractivity contribution in [1.82, 2.24) is 4.98 Å². The molecule has 0 aromatic carbocycles. The molecule has 0 aliphatic carbocycles. The quantitative estimate of drug-likeness (QED) is 0.634. The minimum Gasteiger partial charge on any atom is -0.249 e. The third-order valence-electron chi connectivity index (χ3n) is 1.66. The van der Waals surface area contributed by atoms with Crippen LogP contribution in [0.1, 0.15) is 24.4 Å². The molecule has 12 heavy (non-hydrogen) atoms. The molecule has 0 amide bonds. The normalized spacial score (nSPS) is 12.8. The summed E-state index contributed by atoms with van der Waals surface area (Å²) in [5.41, 5.74) is 4.27. The second kappa shape index (κ2) is 4.21. The lowest BCUT2D eigenvalue weighted by Crippen LogP contribution is -1.79. The number of nitrogens with zero attached hydrogens (tertiary/aromatic N) is 1. The summed E-state index contributed by atoms with van der Waals surface area (Å²) in [4.78, 5) is 5.49. The smallest absolute Gasteiger partial charge is 0.0801 e. The largest absolute Gasteiger partial charge is 0.249 e. The first-order valence-corrected chi connectivity index (χ1v) is 4.87. The molecule has 1 heterocycles. The van der Waals surface area contributed by atoms with Crippen molar-refractivity contribution in [2.75, 3.05) is 0 Å². The zero-order valence-electron chi connectivity index (χ0n) is 7.66. The molecule has 0 unspecified atom stereocenters. The number of rotatable bonds is 2. The minimum atomic E-state index is 1.12. The van der Waals surface area contributed by atoms with Crippen LogP contribution in [0.4, 0.5) is 0 Å². The van der Waals surface area contributed by atoms with Gasteiger partial charge in [0.15, 0.2) is 0 Å². The topological polar surface area (TPSA) is 12.9 Å². The maximum Gasteiger partial charge on any atom is 0.0801 e. The fraction of sp³-hybridized carbons (Fsp3) is 0.300. The van der Waals surface area contributed by atoms with Gasteiger partial charge in [-0.05, 0) is 26.3 Å². The molecule has 0 aliphatic rings. The molecule has 1 rings (SSSR count). The molecule has 1 aromatic heterocycles. The van der Waals surface area contributed by atoms with Crippen LogP contribution in [-0.4, -0.2) is 4.98 Å². The summed E-state index contributed by atoms with van der Waals surface area (Å²) in [5.74, 6) is 0. The van der Waals surface area contributed by atoms with Crippen molar-refractivity contribution in [1.29, 1.82) is 0 Å². The van der Waals surface area contributed by atoms with Gasteiger partial charge in [-0.25, -0.2) is 4.98 Å². The second-order valence-electron chi connectivity index (χ2n) is 2.51. The van der Waals surface area contributed by atoms with E-state index in [9.17, 15) is 0 Å². The number of hydrogen-bond acceptors (Lipinski definition) is 2. The zero-order valence-corrected chi connectivity index (χ0v) is 8.48. The van der Waals surface area contributed by atoms with E-state index in [-0.39, 0.29) is 0 Å². The van der Waals surface area contributed by atoms with Crippen LogP contribution in [0.5, 0.6) is 0 Å². The number of aromatic nitrogens is 1. The average Bonchev–Trinajstić information content (AvgIpc) is 2.47. The molecule has 1 aromatic rings. The van der Waals surface area contributed by atoms with Gasteiger partial charge in [0.1, 0.15) is 0 Å². The van der Waals surface area contributed by atoms with Gasteiger partial charge in [-0.2, -0.15) is 0 Å². The lowest BCUT2D eigenvalue weighted by molar-refractivity contribution is 1.25. The highest BCUT2D eigenvalue weighted by Gasteiger charge is 2.02. The van der Waals surface area contributed by atoms with Crippen LogP contribution in [0.25, 0.3) is 5.57 Å². The molecular formula is C10H13NS. The van der Waals surface area contributed by atoms with Gasteiger partial charge in [0, 0.05) is 0 Å². The Kier molecular flexibility index (Phi) is 3.23. The zero-order chi connectivity index (χ0) is 8.97. The van der Waals surface area contributed by atoms with Crippen LogP contribution < -0.4 is 0 Å². The van der Waals surface area contributed by atoms with Crippen molar-refractivity contribution in [3.8, 4) is 0 Å². The van der Waals surface area contributed by atoms with Gasteiger partial charge >= 0.3 is 0 Å². The maximum atomic E-state index is 4.21. The van der Waals surface area contributed by atoms with E-state index in [4.69, 9.17) is 0 Å². The number of allylic oxidation sites excluding steroid dienone is 4. The van der Waals surface area contributed by atoms with Crippen molar-refractivity contribution in [3.05, 3.63) is 34.3 Å². The summed E-state index contributed by atoms with van der Waals surface area (Å²) in [6, 6.07) is 0. The molecule has 0 spiro atoms.